The first-order valence-corrected chi connectivity index (χ1v) is 9.97. The lowest BCUT2D eigenvalue weighted by Crippen LogP contribution is -2.46. The molecule has 4 aromatic heterocycles. The minimum Gasteiger partial charge on any atom is -0.351 e. The number of hydrogen-bond donors (Lipinski definition) is 0. The van der Waals surface area contributed by atoms with Crippen molar-refractivity contribution >= 4 is 22.8 Å². The number of aromatic nitrogens is 5. The smallest absolute Gasteiger partial charge is 0.180 e. The van der Waals surface area contributed by atoms with Gasteiger partial charge in [0, 0.05) is 68.8 Å². The summed E-state index contributed by atoms with van der Waals surface area (Å²) in [7, 11) is 1.93. The van der Waals surface area contributed by atoms with Gasteiger partial charge in [-0.2, -0.15) is 5.10 Å². The number of anilines is 1. The molecule has 1 fully saturated rings. The molecule has 0 spiro atoms. The van der Waals surface area contributed by atoms with E-state index < -0.39 is 0 Å². The highest BCUT2D eigenvalue weighted by molar-refractivity contribution is 7.09. The van der Waals surface area contributed by atoms with Gasteiger partial charge in [-0.15, -0.1) is 11.3 Å². The fraction of sp³-hybridized carbons (Fsp3) is 0.316. The molecule has 0 amide bonds. The Morgan fingerprint density at radius 1 is 1.11 bits per heavy atom. The maximum Gasteiger partial charge on any atom is 0.180 e. The molecule has 8 heteroatoms. The summed E-state index contributed by atoms with van der Waals surface area (Å²) in [6, 6.07) is 4.34. The van der Waals surface area contributed by atoms with Gasteiger partial charge >= 0.3 is 0 Å². The minimum atomic E-state index is 0.906. The second-order valence-corrected chi connectivity index (χ2v) is 7.87. The van der Waals surface area contributed by atoms with Crippen molar-refractivity contribution in [3.63, 3.8) is 0 Å². The summed E-state index contributed by atoms with van der Waals surface area (Å²) in [6.45, 7) is 5.05. The van der Waals surface area contributed by atoms with Crippen LogP contribution in [0.5, 0.6) is 0 Å². The lowest BCUT2D eigenvalue weighted by molar-refractivity contribution is 0.251. The van der Waals surface area contributed by atoms with E-state index >= 15 is 0 Å². The second-order valence-electron chi connectivity index (χ2n) is 6.83. The molecule has 0 bridgehead atoms. The van der Waals surface area contributed by atoms with Gasteiger partial charge in [0.1, 0.15) is 0 Å². The molecule has 1 saturated heterocycles. The third-order valence-corrected chi connectivity index (χ3v) is 5.90. The third kappa shape index (κ3) is 3.11. The van der Waals surface area contributed by atoms with Gasteiger partial charge in [0.05, 0.1) is 18.1 Å². The molecule has 27 heavy (non-hydrogen) atoms. The molecular weight excluding hydrogens is 358 g/mol. The second kappa shape index (κ2) is 6.79. The molecule has 0 aliphatic carbocycles. The minimum absolute atomic E-state index is 0.906. The van der Waals surface area contributed by atoms with Crippen LogP contribution in [0.25, 0.3) is 16.9 Å². The van der Waals surface area contributed by atoms with Crippen LogP contribution >= 0.6 is 11.3 Å². The van der Waals surface area contributed by atoms with Crippen molar-refractivity contribution in [1.82, 2.24) is 29.0 Å². The van der Waals surface area contributed by atoms with Gasteiger partial charge in [0.25, 0.3) is 0 Å². The number of aryl methyl sites for hydroxylation is 1. The van der Waals surface area contributed by atoms with E-state index in [4.69, 9.17) is 0 Å². The van der Waals surface area contributed by atoms with Crippen LogP contribution < -0.4 is 4.90 Å². The van der Waals surface area contributed by atoms with Crippen molar-refractivity contribution < 1.29 is 0 Å². The number of imidazole rings is 1. The van der Waals surface area contributed by atoms with Crippen LogP contribution in [0.15, 0.2) is 48.5 Å². The van der Waals surface area contributed by atoms with E-state index in [-0.39, 0.29) is 0 Å². The van der Waals surface area contributed by atoms with Crippen molar-refractivity contribution in [2.45, 2.75) is 6.54 Å². The zero-order valence-electron chi connectivity index (χ0n) is 15.2. The first kappa shape index (κ1) is 16.5. The zero-order valence-corrected chi connectivity index (χ0v) is 16.0. The molecule has 0 atom stereocenters. The van der Waals surface area contributed by atoms with Crippen molar-refractivity contribution in [3.05, 3.63) is 53.4 Å². The highest BCUT2D eigenvalue weighted by atomic mass is 32.1. The lowest BCUT2D eigenvalue weighted by atomic mass is 10.3. The third-order valence-electron chi connectivity index (χ3n) is 5.04. The first-order valence-electron chi connectivity index (χ1n) is 9.09. The average molecular weight is 379 g/mol. The standard InChI is InChI=1S/C19H21N7S/c1-23-13-15(11-22-23)17-12-21-19-18(20-4-5-26(17)19)25-8-6-24(7-9-25)14-16-3-2-10-27-16/h2-5,10-13H,6-9,14H2,1H3. The van der Waals surface area contributed by atoms with Gasteiger partial charge in [-0.25, -0.2) is 9.97 Å². The monoisotopic (exact) mass is 379 g/mol. The van der Waals surface area contributed by atoms with Crippen molar-refractivity contribution in [2.75, 3.05) is 31.1 Å². The lowest BCUT2D eigenvalue weighted by Gasteiger charge is -2.35. The van der Waals surface area contributed by atoms with Gasteiger partial charge in [-0.05, 0) is 11.4 Å². The van der Waals surface area contributed by atoms with Crippen LogP contribution in [-0.2, 0) is 13.6 Å². The summed E-state index contributed by atoms with van der Waals surface area (Å²) >= 11 is 1.83. The summed E-state index contributed by atoms with van der Waals surface area (Å²) < 4.78 is 3.92. The van der Waals surface area contributed by atoms with Crippen LogP contribution in [0.4, 0.5) is 5.82 Å². The predicted molar refractivity (Wildman–Crippen MR) is 107 cm³/mol. The highest BCUT2D eigenvalue weighted by Gasteiger charge is 2.21. The number of thiophene rings is 1. The topological polar surface area (TPSA) is 54.5 Å². The Morgan fingerprint density at radius 2 is 2.00 bits per heavy atom. The molecule has 7 nitrogen and oxygen atoms in total. The van der Waals surface area contributed by atoms with Gasteiger partial charge in [0.15, 0.2) is 11.5 Å². The summed E-state index contributed by atoms with van der Waals surface area (Å²) in [5.41, 5.74) is 3.00. The van der Waals surface area contributed by atoms with E-state index in [2.05, 4.69) is 46.8 Å². The molecule has 0 aromatic carbocycles. The molecule has 5 heterocycles. The number of rotatable bonds is 4. The molecule has 138 valence electrons. The fourth-order valence-corrected chi connectivity index (χ4v) is 4.38. The molecule has 1 aliphatic heterocycles. The SMILES string of the molecule is Cn1cc(-c2cnc3c(N4CCN(Cc5cccs5)CC4)nccn23)cn1. The van der Waals surface area contributed by atoms with E-state index in [1.807, 2.05) is 54.1 Å². The summed E-state index contributed by atoms with van der Waals surface area (Å²) in [5, 5.41) is 6.42. The van der Waals surface area contributed by atoms with E-state index in [0.29, 0.717) is 0 Å². The Bertz CT molecular complexity index is 1040. The molecule has 4 aromatic rings. The largest absolute Gasteiger partial charge is 0.351 e. The Hall–Kier alpha value is -2.71. The van der Waals surface area contributed by atoms with Crippen molar-refractivity contribution in [1.29, 1.82) is 0 Å². The molecule has 0 radical (unpaired) electrons. The quantitative estimate of drug-likeness (QED) is 0.545. The van der Waals surface area contributed by atoms with E-state index in [0.717, 1.165) is 55.4 Å². The first-order chi connectivity index (χ1) is 13.3. The summed E-state index contributed by atoms with van der Waals surface area (Å²) in [4.78, 5) is 15.6. The maximum absolute atomic E-state index is 4.67. The van der Waals surface area contributed by atoms with Crippen molar-refractivity contribution in [2.24, 2.45) is 7.05 Å². The predicted octanol–water partition coefficient (Wildman–Crippen LogP) is 2.51. The maximum atomic E-state index is 4.67. The van der Waals surface area contributed by atoms with Gasteiger partial charge < -0.3 is 4.90 Å². The van der Waals surface area contributed by atoms with Gasteiger partial charge in [0.2, 0.25) is 0 Å². The van der Waals surface area contributed by atoms with E-state index in [1.54, 1.807) is 0 Å². The van der Waals surface area contributed by atoms with Gasteiger partial charge in [-0.3, -0.25) is 14.0 Å². The van der Waals surface area contributed by atoms with E-state index in [9.17, 15) is 0 Å². The Labute approximate surface area is 161 Å². The fourth-order valence-electron chi connectivity index (χ4n) is 3.64. The van der Waals surface area contributed by atoms with Crippen molar-refractivity contribution in [3.8, 4) is 11.3 Å². The Balaban J connectivity index is 1.37. The summed E-state index contributed by atoms with van der Waals surface area (Å²) in [5.74, 6) is 0.961. The van der Waals surface area contributed by atoms with Crippen LogP contribution in [0.2, 0.25) is 0 Å². The molecule has 0 saturated carbocycles. The summed E-state index contributed by atoms with van der Waals surface area (Å²) in [6.07, 6.45) is 9.62. The normalized spacial score (nSPS) is 15.7. The average Bonchev–Trinajstić information content (AvgIpc) is 3.43. The number of piperazine rings is 1. The molecule has 5 rings (SSSR count). The zero-order chi connectivity index (χ0) is 18.2. The van der Waals surface area contributed by atoms with Crippen LogP contribution in [0, 0.1) is 0 Å². The van der Waals surface area contributed by atoms with Crippen LogP contribution in [0.1, 0.15) is 4.88 Å². The van der Waals surface area contributed by atoms with E-state index in [1.165, 1.54) is 4.88 Å². The number of nitrogens with zero attached hydrogens (tertiary/aromatic N) is 7. The Morgan fingerprint density at radius 3 is 2.74 bits per heavy atom. The molecule has 0 unspecified atom stereocenters. The molecule has 1 aliphatic rings. The Kier molecular flexibility index (Phi) is 4.14. The number of fused-ring (bicyclic) bond motifs is 1. The van der Waals surface area contributed by atoms with Crippen LogP contribution in [0.3, 0.4) is 0 Å². The van der Waals surface area contributed by atoms with Gasteiger partial charge in [-0.1, -0.05) is 6.07 Å². The number of hydrogen-bond acceptors (Lipinski definition) is 6. The molecular formula is C19H21N7S. The highest BCUT2D eigenvalue weighted by Crippen LogP contribution is 2.25. The molecule has 0 N–H and O–H groups in total. The van der Waals surface area contributed by atoms with Crippen LogP contribution in [-0.4, -0.2) is 55.2 Å².